The largest absolute Gasteiger partial charge is 0.392 e. The molecule has 0 saturated carbocycles. The van der Waals surface area contributed by atoms with Crippen molar-refractivity contribution in [3.8, 4) is 0 Å². The molecule has 4 heteroatoms. The first-order valence-electron chi connectivity index (χ1n) is 7.30. The van der Waals surface area contributed by atoms with E-state index in [0.29, 0.717) is 19.0 Å². The molecule has 1 aliphatic heterocycles. The fourth-order valence-corrected chi connectivity index (χ4v) is 2.30. The van der Waals surface area contributed by atoms with Gasteiger partial charge in [0, 0.05) is 13.1 Å². The molecule has 1 aliphatic rings. The normalized spacial score (nSPS) is 25.1. The van der Waals surface area contributed by atoms with Crippen molar-refractivity contribution >= 4 is 5.91 Å². The van der Waals surface area contributed by atoms with Gasteiger partial charge in [0.1, 0.15) is 0 Å². The number of hydrogen-bond acceptors (Lipinski definition) is 3. The fourth-order valence-electron chi connectivity index (χ4n) is 2.30. The van der Waals surface area contributed by atoms with Crippen LogP contribution in [0.2, 0.25) is 0 Å². The van der Waals surface area contributed by atoms with E-state index in [0.717, 1.165) is 25.9 Å². The maximum Gasteiger partial charge on any atom is 0.234 e. The highest BCUT2D eigenvalue weighted by atomic mass is 16.3. The van der Waals surface area contributed by atoms with E-state index in [1.165, 1.54) is 19.3 Å². The number of carbonyl (C=O) groups is 1. The smallest absolute Gasteiger partial charge is 0.234 e. The van der Waals surface area contributed by atoms with Crippen LogP contribution in [-0.4, -0.2) is 48.2 Å². The van der Waals surface area contributed by atoms with Crippen LogP contribution < -0.4 is 5.32 Å². The standard InChI is InChI=1S/C14H28N2O2/c1-3-4-5-6-8-15-14(18)11-16-9-7-12(2)13(17)10-16/h12-13,17H,3-11H2,1-2H3,(H,15,18). The Bertz CT molecular complexity index is 246. The molecule has 1 amide bonds. The molecule has 2 N–H and O–H groups in total. The third-order valence-corrected chi connectivity index (χ3v) is 3.72. The van der Waals surface area contributed by atoms with E-state index in [2.05, 4.69) is 19.2 Å². The second-order valence-corrected chi connectivity index (χ2v) is 5.48. The van der Waals surface area contributed by atoms with Gasteiger partial charge in [0.2, 0.25) is 5.91 Å². The van der Waals surface area contributed by atoms with Gasteiger partial charge >= 0.3 is 0 Å². The number of aliphatic hydroxyl groups excluding tert-OH is 1. The Morgan fingerprint density at radius 3 is 2.83 bits per heavy atom. The van der Waals surface area contributed by atoms with E-state index < -0.39 is 0 Å². The summed E-state index contributed by atoms with van der Waals surface area (Å²) in [4.78, 5) is 13.7. The van der Waals surface area contributed by atoms with Crippen LogP contribution in [0.15, 0.2) is 0 Å². The molecule has 106 valence electrons. The monoisotopic (exact) mass is 256 g/mol. The predicted molar refractivity (Wildman–Crippen MR) is 73.4 cm³/mol. The lowest BCUT2D eigenvalue weighted by Crippen LogP contribution is -2.47. The first-order valence-corrected chi connectivity index (χ1v) is 7.30. The molecule has 2 unspecified atom stereocenters. The molecule has 18 heavy (non-hydrogen) atoms. The summed E-state index contributed by atoms with van der Waals surface area (Å²) < 4.78 is 0. The summed E-state index contributed by atoms with van der Waals surface area (Å²) in [6.07, 6.45) is 5.42. The van der Waals surface area contributed by atoms with E-state index in [1.807, 2.05) is 4.90 Å². The highest BCUT2D eigenvalue weighted by Crippen LogP contribution is 2.16. The van der Waals surface area contributed by atoms with Crippen molar-refractivity contribution in [2.75, 3.05) is 26.2 Å². The first kappa shape index (κ1) is 15.4. The number of β-amino-alcohol motifs (C(OH)–C–C–N with tert-alkyl or cyclic N) is 1. The Morgan fingerprint density at radius 1 is 1.39 bits per heavy atom. The van der Waals surface area contributed by atoms with Gasteiger partial charge in [-0.2, -0.15) is 0 Å². The Kier molecular flexibility index (Phi) is 7.28. The Morgan fingerprint density at radius 2 is 2.17 bits per heavy atom. The number of nitrogens with zero attached hydrogens (tertiary/aromatic N) is 1. The minimum atomic E-state index is -0.281. The molecule has 0 aromatic rings. The molecular weight excluding hydrogens is 228 g/mol. The van der Waals surface area contributed by atoms with Crippen LogP contribution in [0.1, 0.15) is 46.0 Å². The maximum atomic E-state index is 11.7. The van der Waals surface area contributed by atoms with E-state index in [1.54, 1.807) is 0 Å². The van der Waals surface area contributed by atoms with Crippen molar-refractivity contribution in [3.05, 3.63) is 0 Å². The number of amides is 1. The third-order valence-electron chi connectivity index (χ3n) is 3.72. The molecule has 4 nitrogen and oxygen atoms in total. The zero-order chi connectivity index (χ0) is 13.4. The second kappa shape index (κ2) is 8.48. The summed E-state index contributed by atoms with van der Waals surface area (Å²) in [7, 11) is 0. The summed E-state index contributed by atoms with van der Waals surface area (Å²) in [6.45, 7) is 7.01. The lowest BCUT2D eigenvalue weighted by Gasteiger charge is -2.33. The number of rotatable bonds is 7. The molecule has 0 aliphatic carbocycles. The summed E-state index contributed by atoms with van der Waals surface area (Å²) in [5.74, 6) is 0.451. The number of hydrogen-bond donors (Lipinski definition) is 2. The minimum Gasteiger partial charge on any atom is -0.392 e. The summed E-state index contributed by atoms with van der Waals surface area (Å²) in [5.41, 5.74) is 0. The van der Waals surface area contributed by atoms with Gasteiger partial charge < -0.3 is 10.4 Å². The lowest BCUT2D eigenvalue weighted by atomic mass is 9.96. The average molecular weight is 256 g/mol. The Hall–Kier alpha value is -0.610. The van der Waals surface area contributed by atoms with E-state index in [9.17, 15) is 9.90 Å². The quantitative estimate of drug-likeness (QED) is 0.677. The molecule has 1 fully saturated rings. The van der Waals surface area contributed by atoms with Crippen molar-refractivity contribution in [3.63, 3.8) is 0 Å². The lowest BCUT2D eigenvalue weighted by molar-refractivity contribution is -0.123. The highest BCUT2D eigenvalue weighted by Gasteiger charge is 2.25. The molecule has 0 radical (unpaired) electrons. The van der Waals surface area contributed by atoms with Gasteiger partial charge in [-0.15, -0.1) is 0 Å². The molecule has 1 heterocycles. The van der Waals surface area contributed by atoms with Crippen LogP contribution in [0.5, 0.6) is 0 Å². The molecule has 1 saturated heterocycles. The molecule has 0 aromatic carbocycles. The zero-order valence-corrected chi connectivity index (χ0v) is 11.8. The van der Waals surface area contributed by atoms with E-state index in [4.69, 9.17) is 0 Å². The van der Waals surface area contributed by atoms with Gasteiger partial charge in [0.05, 0.1) is 12.6 Å². The van der Waals surface area contributed by atoms with Gasteiger partial charge in [-0.1, -0.05) is 33.1 Å². The molecule has 0 aromatic heterocycles. The first-order chi connectivity index (χ1) is 8.63. The van der Waals surface area contributed by atoms with Crippen LogP contribution in [0, 0.1) is 5.92 Å². The SMILES string of the molecule is CCCCCCNC(=O)CN1CCC(C)C(O)C1. The molecule has 2 atom stereocenters. The highest BCUT2D eigenvalue weighted by molar-refractivity contribution is 5.77. The van der Waals surface area contributed by atoms with Crippen molar-refractivity contribution in [2.45, 2.75) is 52.1 Å². The maximum absolute atomic E-state index is 11.7. The van der Waals surface area contributed by atoms with Crippen LogP contribution in [0.4, 0.5) is 0 Å². The second-order valence-electron chi connectivity index (χ2n) is 5.48. The van der Waals surface area contributed by atoms with E-state index in [-0.39, 0.29) is 12.0 Å². The minimum absolute atomic E-state index is 0.0910. The van der Waals surface area contributed by atoms with E-state index >= 15 is 0 Å². The van der Waals surface area contributed by atoms with Crippen molar-refractivity contribution in [1.29, 1.82) is 0 Å². The summed E-state index contributed by atoms with van der Waals surface area (Å²) in [5, 5.41) is 12.7. The Balaban J connectivity index is 2.09. The number of nitrogens with one attached hydrogen (secondary N) is 1. The third kappa shape index (κ3) is 5.83. The molecule has 0 bridgehead atoms. The van der Waals surface area contributed by atoms with Crippen LogP contribution in [0.25, 0.3) is 0 Å². The number of aliphatic hydroxyl groups is 1. The van der Waals surface area contributed by atoms with Crippen LogP contribution in [0.3, 0.4) is 0 Å². The topological polar surface area (TPSA) is 52.6 Å². The van der Waals surface area contributed by atoms with Gasteiger partial charge in [-0.3, -0.25) is 9.69 Å². The molecular formula is C14H28N2O2. The summed E-state index contributed by atoms with van der Waals surface area (Å²) >= 11 is 0. The zero-order valence-electron chi connectivity index (χ0n) is 11.8. The van der Waals surface area contributed by atoms with Crippen LogP contribution >= 0.6 is 0 Å². The number of carbonyl (C=O) groups excluding carboxylic acids is 1. The number of unbranched alkanes of at least 4 members (excludes halogenated alkanes) is 3. The fraction of sp³-hybridized carbons (Fsp3) is 0.929. The summed E-state index contributed by atoms with van der Waals surface area (Å²) in [6, 6.07) is 0. The number of likely N-dealkylation sites (tertiary alicyclic amines) is 1. The van der Waals surface area contributed by atoms with Crippen LogP contribution in [-0.2, 0) is 4.79 Å². The molecule has 0 spiro atoms. The van der Waals surface area contributed by atoms with Crippen molar-refractivity contribution in [1.82, 2.24) is 10.2 Å². The van der Waals surface area contributed by atoms with Gasteiger partial charge in [-0.25, -0.2) is 0 Å². The molecule has 1 rings (SSSR count). The predicted octanol–water partition coefficient (Wildman–Crippen LogP) is 1.39. The van der Waals surface area contributed by atoms with Gasteiger partial charge in [-0.05, 0) is 25.3 Å². The van der Waals surface area contributed by atoms with Gasteiger partial charge in [0.15, 0.2) is 0 Å². The number of piperidine rings is 1. The van der Waals surface area contributed by atoms with Gasteiger partial charge in [0.25, 0.3) is 0 Å². The Labute approximate surface area is 111 Å². The average Bonchev–Trinajstić information content (AvgIpc) is 2.34. The van der Waals surface area contributed by atoms with Crippen molar-refractivity contribution in [2.24, 2.45) is 5.92 Å². The van der Waals surface area contributed by atoms with Crippen molar-refractivity contribution < 1.29 is 9.90 Å².